The molecule has 3 rings (SSSR count). The van der Waals surface area contributed by atoms with Crippen molar-refractivity contribution in [3.63, 3.8) is 0 Å². The number of nitrogens with zero attached hydrogens (tertiary/aromatic N) is 2. The van der Waals surface area contributed by atoms with Gasteiger partial charge >= 0.3 is 0 Å². The normalized spacial score (nSPS) is 20.7. The van der Waals surface area contributed by atoms with E-state index in [4.69, 9.17) is 5.73 Å². The highest BCUT2D eigenvalue weighted by Gasteiger charge is 2.29. The van der Waals surface area contributed by atoms with Crippen LogP contribution in [-0.2, 0) is 12.8 Å². The molecule has 0 saturated heterocycles. The molecule has 1 aromatic carbocycles. The molecule has 0 bridgehead atoms. The molecule has 2 aromatic rings. The molecule has 20 heavy (non-hydrogen) atoms. The molecule has 2 unspecified atom stereocenters. The molecular weight excluding hydrogens is 248 g/mol. The lowest BCUT2D eigenvalue weighted by Gasteiger charge is -2.19. The van der Waals surface area contributed by atoms with Crippen LogP contribution in [0.15, 0.2) is 36.7 Å². The Morgan fingerprint density at radius 2 is 2.15 bits per heavy atom. The zero-order chi connectivity index (χ0) is 13.9. The fourth-order valence-electron chi connectivity index (χ4n) is 2.84. The Hall–Kier alpha value is -1.94. The predicted octanol–water partition coefficient (Wildman–Crippen LogP) is 2.47. The van der Waals surface area contributed by atoms with E-state index in [1.54, 1.807) is 6.33 Å². The summed E-state index contributed by atoms with van der Waals surface area (Å²) in [7, 11) is 0. The van der Waals surface area contributed by atoms with Gasteiger partial charge in [-0.3, -0.25) is 0 Å². The summed E-state index contributed by atoms with van der Waals surface area (Å²) in [6.45, 7) is 2.15. The number of hydrogen-bond donors (Lipinski definition) is 2. The lowest BCUT2D eigenvalue weighted by atomic mass is 10.1. The van der Waals surface area contributed by atoms with Crippen molar-refractivity contribution in [2.24, 2.45) is 5.73 Å². The van der Waals surface area contributed by atoms with Gasteiger partial charge in [0, 0.05) is 17.8 Å². The second-order valence-electron chi connectivity index (χ2n) is 5.33. The number of hydrogen-bond acceptors (Lipinski definition) is 4. The Balaban J connectivity index is 1.82. The maximum absolute atomic E-state index is 6.27. The fraction of sp³-hybridized carbons (Fsp3) is 0.375. The minimum Gasteiger partial charge on any atom is -0.362 e. The first-order valence-electron chi connectivity index (χ1n) is 7.18. The molecule has 2 atom stereocenters. The van der Waals surface area contributed by atoms with Crippen molar-refractivity contribution in [2.75, 3.05) is 5.32 Å². The van der Waals surface area contributed by atoms with E-state index in [0.717, 1.165) is 30.8 Å². The molecule has 4 nitrogen and oxygen atoms in total. The van der Waals surface area contributed by atoms with Crippen LogP contribution in [0.4, 0.5) is 5.82 Å². The van der Waals surface area contributed by atoms with Crippen LogP contribution < -0.4 is 11.1 Å². The highest BCUT2D eigenvalue weighted by Crippen LogP contribution is 2.32. The van der Waals surface area contributed by atoms with Crippen molar-refractivity contribution in [2.45, 2.75) is 38.3 Å². The SMILES string of the molecule is CCCc1cc(NC2c3ccccc3CC2N)ncn1. The number of aryl methyl sites for hydroxylation is 1. The largest absolute Gasteiger partial charge is 0.362 e. The van der Waals surface area contributed by atoms with Crippen molar-refractivity contribution in [1.82, 2.24) is 9.97 Å². The Labute approximate surface area is 119 Å². The fourth-order valence-corrected chi connectivity index (χ4v) is 2.84. The quantitative estimate of drug-likeness (QED) is 0.894. The number of benzene rings is 1. The van der Waals surface area contributed by atoms with E-state index in [0.29, 0.717) is 0 Å². The summed E-state index contributed by atoms with van der Waals surface area (Å²) in [6, 6.07) is 10.7. The summed E-state index contributed by atoms with van der Waals surface area (Å²) in [5, 5.41) is 3.47. The molecule has 0 saturated carbocycles. The topological polar surface area (TPSA) is 63.8 Å². The molecule has 0 fully saturated rings. The lowest BCUT2D eigenvalue weighted by Crippen LogP contribution is -2.30. The summed E-state index contributed by atoms with van der Waals surface area (Å²) in [4.78, 5) is 8.60. The van der Waals surface area contributed by atoms with Gasteiger partial charge in [-0.2, -0.15) is 0 Å². The van der Waals surface area contributed by atoms with Crippen LogP contribution in [0.3, 0.4) is 0 Å². The Bertz CT molecular complexity index is 597. The highest BCUT2D eigenvalue weighted by molar-refractivity contribution is 5.45. The van der Waals surface area contributed by atoms with Crippen LogP contribution in [0.25, 0.3) is 0 Å². The monoisotopic (exact) mass is 268 g/mol. The smallest absolute Gasteiger partial charge is 0.130 e. The zero-order valence-electron chi connectivity index (χ0n) is 11.7. The predicted molar refractivity (Wildman–Crippen MR) is 80.5 cm³/mol. The summed E-state index contributed by atoms with van der Waals surface area (Å²) >= 11 is 0. The molecule has 0 radical (unpaired) electrons. The van der Waals surface area contributed by atoms with Gasteiger partial charge in [-0.05, 0) is 24.0 Å². The Morgan fingerprint density at radius 1 is 1.30 bits per heavy atom. The first-order chi connectivity index (χ1) is 9.78. The van der Waals surface area contributed by atoms with Gasteiger partial charge in [0.05, 0.1) is 6.04 Å². The van der Waals surface area contributed by atoms with Crippen molar-refractivity contribution >= 4 is 5.82 Å². The van der Waals surface area contributed by atoms with Gasteiger partial charge in [0.15, 0.2) is 0 Å². The van der Waals surface area contributed by atoms with E-state index in [1.807, 2.05) is 6.07 Å². The number of nitrogens with one attached hydrogen (secondary N) is 1. The van der Waals surface area contributed by atoms with Crippen molar-refractivity contribution in [3.05, 3.63) is 53.5 Å². The third-order valence-electron chi connectivity index (χ3n) is 3.81. The van der Waals surface area contributed by atoms with Gasteiger partial charge < -0.3 is 11.1 Å². The average Bonchev–Trinajstić information content (AvgIpc) is 2.76. The Kier molecular flexibility index (Phi) is 3.65. The zero-order valence-corrected chi connectivity index (χ0v) is 11.7. The third kappa shape index (κ3) is 2.51. The van der Waals surface area contributed by atoms with Crippen LogP contribution in [-0.4, -0.2) is 16.0 Å². The molecule has 1 aliphatic rings. The standard InChI is InChI=1S/C16H20N4/c1-2-5-12-9-15(19-10-18-12)20-16-13-7-4-3-6-11(13)8-14(16)17/h3-4,6-7,9-10,14,16H,2,5,8,17H2,1H3,(H,18,19,20). The molecule has 1 aliphatic carbocycles. The molecule has 3 N–H and O–H groups in total. The Morgan fingerprint density at radius 3 is 3.00 bits per heavy atom. The van der Waals surface area contributed by atoms with E-state index >= 15 is 0 Å². The van der Waals surface area contributed by atoms with E-state index in [2.05, 4.69) is 46.5 Å². The highest BCUT2D eigenvalue weighted by atomic mass is 15.1. The third-order valence-corrected chi connectivity index (χ3v) is 3.81. The van der Waals surface area contributed by atoms with Gasteiger partial charge in [0.2, 0.25) is 0 Å². The van der Waals surface area contributed by atoms with Gasteiger partial charge in [-0.1, -0.05) is 37.6 Å². The van der Waals surface area contributed by atoms with Crippen LogP contribution in [0.1, 0.15) is 36.2 Å². The van der Waals surface area contributed by atoms with E-state index in [-0.39, 0.29) is 12.1 Å². The van der Waals surface area contributed by atoms with Crippen LogP contribution in [0.5, 0.6) is 0 Å². The maximum atomic E-state index is 6.27. The molecular formula is C16H20N4. The van der Waals surface area contributed by atoms with E-state index in [1.165, 1.54) is 11.1 Å². The molecule has 1 aromatic heterocycles. The van der Waals surface area contributed by atoms with Crippen molar-refractivity contribution in [1.29, 1.82) is 0 Å². The van der Waals surface area contributed by atoms with Crippen molar-refractivity contribution in [3.8, 4) is 0 Å². The molecule has 104 valence electrons. The minimum absolute atomic E-state index is 0.0944. The lowest BCUT2D eigenvalue weighted by molar-refractivity contribution is 0.623. The number of rotatable bonds is 4. The van der Waals surface area contributed by atoms with Crippen LogP contribution >= 0.6 is 0 Å². The van der Waals surface area contributed by atoms with Gasteiger partial charge in [-0.25, -0.2) is 9.97 Å². The first-order valence-corrected chi connectivity index (χ1v) is 7.18. The number of anilines is 1. The molecule has 0 spiro atoms. The molecule has 1 heterocycles. The van der Waals surface area contributed by atoms with Gasteiger partial charge in [0.1, 0.15) is 12.1 Å². The van der Waals surface area contributed by atoms with E-state index in [9.17, 15) is 0 Å². The second kappa shape index (κ2) is 5.59. The summed E-state index contributed by atoms with van der Waals surface area (Å²) < 4.78 is 0. The number of aromatic nitrogens is 2. The van der Waals surface area contributed by atoms with Crippen molar-refractivity contribution < 1.29 is 0 Å². The second-order valence-corrected chi connectivity index (χ2v) is 5.33. The average molecular weight is 268 g/mol. The summed E-state index contributed by atoms with van der Waals surface area (Å²) in [6.07, 6.45) is 4.60. The van der Waals surface area contributed by atoms with Gasteiger partial charge in [0.25, 0.3) is 0 Å². The minimum atomic E-state index is 0.0944. The summed E-state index contributed by atoms with van der Waals surface area (Å²) in [5.41, 5.74) is 9.96. The van der Waals surface area contributed by atoms with E-state index < -0.39 is 0 Å². The van der Waals surface area contributed by atoms with Crippen LogP contribution in [0, 0.1) is 0 Å². The first kappa shape index (κ1) is 13.1. The molecule has 4 heteroatoms. The molecule has 0 amide bonds. The maximum Gasteiger partial charge on any atom is 0.130 e. The van der Waals surface area contributed by atoms with Crippen LogP contribution in [0.2, 0.25) is 0 Å². The summed E-state index contributed by atoms with van der Waals surface area (Å²) in [5.74, 6) is 0.862. The number of fused-ring (bicyclic) bond motifs is 1. The van der Waals surface area contributed by atoms with Gasteiger partial charge in [-0.15, -0.1) is 0 Å². The molecule has 0 aliphatic heterocycles. The number of nitrogens with two attached hydrogens (primary N) is 1.